The highest BCUT2D eigenvalue weighted by Gasteiger charge is 2.51. The van der Waals surface area contributed by atoms with Gasteiger partial charge in [-0.15, -0.1) is 0 Å². The third-order valence-electron chi connectivity index (χ3n) is 3.82. The van der Waals surface area contributed by atoms with Gasteiger partial charge in [-0.3, -0.25) is 0 Å². The molecule has 0 aliphatic carbocycles. The van der Waals surface area contributed by atoms with Crippen LogP contribution in [0.25, 0.3) is 0 Å². The minimum absolute atomic E-state index is 0.273. The van der Waals surface area contributed by atoms with Crippen LogP contribution in [-0.2, 0) is 9.31 Å². The molecule has 0 bridgehead atoms. The van der Waals surface area contributed by atoms with Crippen LogP contribution in [0.2, 0.25) is 0 Å². The first-order valence-electron chi connectivity index (χ1n) is 6.55. The molecule has 0 unspecified atom stereocenters. The van der Waals surface area contributed by atoms with E-state index in [0.29, 0.717) is 0 Å². The van der Waals surface area contributed by atoms with Crippen LogP contribution in [0.3, 0.4) is 0 Å². The molecule has 0 spiro atoms. The van der Waals surface area contributed by atoms with Gasteiger partial charge in [-0.05, 0) is 52.2 Å². The smallest absolute Gasteiger partial charge is 0.399 e. The summed E-state index contributed by atoms with van der Waals surface area (Å²) in [5.41, 5.74) is 1.63. The topological polar surface area (TPSA) is 30.5 Å². The van der Waals surface area contributed by atoms with Crippen molar-refractivity contribution in [3.05, 3.63) is 24.3 Å². The van der Waals surface area contributed by atoms with E-state index in [1.54, 1.807) is 0 Å². The number of rotatable bonds is 3. The zero-order valence-electron chi connectivity index (χ0n) is 11.9. The normalized spacial score (nSPS) is 21.1. The third kappa shape index (κ3) is 2.40. The standard InChI is InChI=1S/C14H22BNO2/c1-6-16-12-9-7-11(8-10-12)15-17-13(2,3)14(4,5)18-15/h7-10,16H,6H2,1-5H3. The quantitative estimate of drug-likeness (QED) is 0.832. The maximum atomic E-state index is 6.01. The molecule has 1 aromatic rings. The lowest BCUT2D eigenvalue weighted by Crippen LogP contribution is -2.41. The van der Waals surface area contributed by atoms with E-state index in [0.717, 1.165) is 17.7 Å². The molecule has 0 amide bonds. The van der Waals surface area contributed by atoms with Gasteiger partial charge in [0.05, 0.1) is 11.2 Å². The molecule has 1 N–H and O–H groups in total. The molecular formula is C14H22BNO2. The van der Waals surface area contributed by atoms with Crippen LogP contribution < -0.4 is 10.8 Å². The van der Waals surface area contributed by atoms with Gasteiger partial charge in [0.1, 0.15) is 0 Å². The Labute approximate surface area is 110 Å². The predicted octanol–water partition coefficient (Wildman–Crippen LogP) is 2.42. The molecule has 4 heteroatoms. The summed E-state index contributed by atoms with van der Waals surface area (Å²) in [5.74, 6) is 0. The van der Waals surface area contributed by atoms with Crippen LogP contribution in [0.1, 0.15) is 34.6 Å². The Balaban J connectivity index is 2.14. The van der Waals surface area contributed by atoms with Crippen LogP contribution in [0.4, 0.5) is 5.69 Å². The first-order valence-corrected chi connectivity index (χ1v) is 6.55. The van der Waals surface area contributed by atoms with Crippen molar-refractivity contribution < 1.29 is 9.31 Å². The van der Waals surface area contributed by atoms with Gasteiger partial charge in [-0.1, -0.05) is 12.1 Å². The second-order valence-corrected chi connectivity index (χ2v) is 5.74. The first kappa shape index (κ1) is 13.4. The number of benzene rings is 1. The molecule has 1 heterocycles. The van der Waals surface area contributed by atoms with E-state index in [2.05, 4.69) is 64.2 Å². The SMILES string of the molecule is CCNc1ccc(B2OC(C)(C)C(C)(C)O2)cc1. The van der Waals surface area contributed by atoms with Crippen molar-refractivity contribution in [2.75, 3.05) is 11.9 Å². The van der Waals surface area contributed by atoms with Gasteiger partial charge in [-0.2, -0.15) is 0 Å². The highest BCUT2D eigenvalue weighted by molar-refractivity contribution is 6.62. The lowest BCUT2D eigenvalue weighted by molar-refractivity contribution is 0.00578. The Kier molecular flexibility index (Phi) is 3.43. The number of hydrogen-bond acceptors (Lipinski definition) is 3. The molecular weight excluding hydrogens is 225 g/mol. The number of hydrogen-bond donors (Lipinski definition) is 1. The second-order valence-electron chi connectivity index (χ2n) is 5.74. The molecule has 0 saturated carbocycles. The molecule has 0 aromatic heterocycles. The summed E-state index contributed by atoms with van der Waals surface area (Å²) in [4.78, 5) is 0. The molecule has 2 rings (SSSR count). The lowest BCUT2D eigenvalue weighted by Gasteiger charge is -2.32. The van der Waals surface area contributed by atoms with Crippen LogP contribution in [-0.4, -0.2) is 24.9 Å². The van der Waals surface area contributed by atoms with Crippen molar-refractivity contribution in [1.82, 2.24) is 0 Å². The van der Waals surface area contributed by atoms with Gasteiger partial charge in [-0.25, -0.2) is 0 Å². The Morgan fingerprint density at radius 3 is 1.94 bits per heavy atom. The molecule has 1 aromatic carbocycles. The largest absolute Gasteiger partial charge is 0.494 e. The van der Waals surface area contributed by atoms with E-state index in [1.807, 2.05) is 0 Å². The zero-order valence-corrected chi connectivity index (χ0v) is 11.9. The Morgan fingerprint density at radius 1 is 1.00 bits per heavy atom. The average Bonchev–Trinajstić information content (AvgIpc) is 2.50. The van der Waals surface area contributed by atoms with Crippen molar-refractivity contribution in [2.24, 2.45) is 0 Å². The molecule has 3 nitrogen and oxygen atoms in total. The van der Waals surface area contributed by atoms with Crippen molar-refractivity contribution in [2.45, 2.75) is 45.8 Å². The highest BCUT2D eigenvalue weighted by atomic mass is 16.7. The van der Waals surface area contributed by atoms with Crippen LogP contribution in [0, 0.1) is 0 Å². The van der Waals surface area contributed by atoms with E-state index < -0.39 is 0 Å². The van der Waals surface area contributed by atoms with Gasteiger partial charge >= 0.3 is 7.12 Å². The monoisotopic (exact) mass is 247 g/mol. The number of nitrogens with one attached hydrogen (secondary N) is 1. The summed E-state index contributed by atoms with van der Waals surface area (Å²) in [6, 6.07) is 8.23. The van der Waals surface area contributed by atoms with E-state index >= 15 is 0 Å². The van der Waals surface area contributed by atoms with E-state index in [-0.39, 0.29) is 18.3 Å². The van der Waals surface area contributed by atoms with Crippen molar-refractivity contribution >= 4 is 18.3 Å². The highest BCUT2D eigenvalue weighted by Crippen LogP contribution is 2.36. The lowest BCUT2D eigenvalue weighted by atomic mass is 9.79. The summed E-state index contributed by atoms with van der Waals surface area (Å²) in [5, 5.41) is 3.28. The average molecular weight is 247 g/mol. The molecule has 0 radical (unpaired) electrons. The summed E-state index contributed by atoms with van der Waals surface area (Å²) in [6.07, 6.45) is 0. The fraction of sp³-hybridized carbons (Fsp3) is 0.571. The molecule has 1 aliphatic heterocycles. The Bertz CT molecular complexity index is 398. The van der Waals surface area contributed by atoms with Gasteiger partial charge < -0.3 is 14.6 Å². The van der Waals surface area contributed by atoms with E-state index in [1.165, 1.54) is 0 Å². The molecule has 0 atom stereocenters. The summed E-state index contributed by atoms with van der Waals surface area (Å²) in [6.45, 7) is 11.3. The number of anilines is 1. The Hall–Kier alpha value is -0.995. The maximum absolute atomic E-state index is 6.01. The summed E-state index contributed by atoms with van der Waals surface area (Å²) >= 11 is 0. The molecule has 1 aliphatic rings. The van der Waals surface area contributed by atoms with Crippen LogP contribution in [0.5, 0.6) is 0 Å². The molecule has 98 valence electrons. The fourth-order valence-corrected chi connectivity index (χ4v) is 1.94. The van der Waals surface area contributed by atoms with Gasteiger partial charge in [0.2, 0.25) is 0 Å². The summed E-state index contributed by atoms with van der Waals surface area (Å²) in [7, 11) is -0.273. The van der Waals surface area contributed by atoms with Crippen molar-refractivity contribution in [1.29, 1.82) is 0 Å². The Morgan fingerprint density at radius 2 is 1.50 bits per heavy atom. The minimum Gasteiger partial charge on any atom is -0.399 e. The fourth-order valence-electron chi connectivity index (χ4n) is 1.94. The third-order valence-corrected chi connectivity index (χ3v) is 3.82. The van der Waals surface area contributed by atoms with Gasteiger partial charge in [0.25, 0.3) is 0 Å². The minimum atomic E-state index is -0.280. The van der Waals surface area contributed by atoms with Crippen molar-refractivity contribution in [3.8, 4) is 0 Å². The molecule has 18 heavy (non-hydrogen) atoms. The zero-order chi connectivity index (χ0) is 13.4. The van der Waals surface area contributed by atoms with Gasteiger partial charge in [0.15, 0.2) is 0 Å². The van der Waals surface area contributed by atoms with Gasteiger partial charge in [0, 0.05) is 12.2 Å². The molecule has 1 fully saturated rings. The van der Waals surface area contributed by atoms with Crippen LogP contribution >= 0.6 is 0 Å². The van der Waals surface area contributed by atoms with Crippen LogP contribution in [0.15, 0.2) is 24.3 Å². The van der Waals surface area contributed by atoms with E-state index in [9.17, 15) is 0 Å². The first-order chi connectivity index (χ1) is 8.36. The van der Waals surface area contributed by atoms with Crippen molar-refractivity contribution in [3.63, 3.8) is 0 Å². The van der Waals surface area contributed by atoms with E-state index in [4.69, 9.17) is 9.31 Å². The predicted molar refractivity (Wildman–Crippen MR) is 76.3 cm³/mol. The second kappa shape index (κ2) is 4.59. The summed E-state index contributed by atoms with van der Waals surface area (Å²) < 4.78 is 12.0. The maximum Gasteiger partial charge on any atom is 0.494 e. The molecule has 1 saturated heterocycles.